The van der Waals surface area contributed by atoms with Crippen LogP contribution in [0, 0.1) is 6.92 Å². The van der Waals surface area contributed by atoms with E-state index < -0.39 is 0 Å². The molecule has 2 aromatic heterocycles. The quantitative estimate of drug-likeness (QED) is 0.564. The van der Waals surface area contributed by atoms with Crippen LogP contribution in [0.5, 0.6) is 0 Å². The average molecular weight is 249 g/mol. The Kier molecular flexibility index (Phi) is 3.31. The van der Waals surface area contributed by atoms with Gasteiger partial charge in [0.1, 0.15) is 0 Å². The number of anilines is 2. The zero-order chi connectivity index (χ0) is 12.3. The Balaban J connectivity index is 2.20. The van der Waals surface area contributed by atoms with Crippen molar-refractivity contribution >= 4 is 28.1 Å². The van der Waals surface area contributed by atoms with Crippen molar-refractivity contribution in [2.45, 2.75) is 6.92 Å². The van der Waals surface area contributed by atoms with Gasteiger partial charge in [-0.2, -0.15) is 0 Å². The number of nitrogen functional groups attached to an aromatic ring is 1. The molecule has 0 bridgehead atoms. The number of nitrogens with one attached hydrogen (secondary N) is 2. The molecule has 0 atom stereocenters. The third-order valence-corrected chi connectivity index (χ3v) is 2.94. The molecular weight excluding hydrogens is 238 g/mol. The number of carbonyl (C=O) groups excluding carboxylic acids is 1. The molecule has 0 aliphatic carbocycles. The van der Waals surface area contributed by atoms with Crippen LogP contribution in [0.4, 0.5) is 10.8 Å². The van der Waals surface area contributed by atoms with Gasteiger partial charge in [-0.15, -0.1) is 11.3 Å². The summed E-state index contributed by atoms with van der Waals surface area (Å²) in [6, 6.07) is 1.59. The summed E-state index contributed by atoms with van der Waals surface area (Å²) in [6.07, 6.45) is 3.02. The van der Waals surface area contributed by atoms with E-state index in [-0.39, 0.29) is 5.91 Å². The number of carbonyl (C=O) groups is 1. The van der Waals surface area contributed by atoms with Crippen LogP contribution in [0.15, 0.2) is 23.8 Å². The van der Waals surface area contributed by atoms with Crippen LogP contribution in [0.2, 0.25) is 0 Å². The second-order valence-electron chi connectivity index (χ2n) is 3.31. The average Bonchev–Trinajstić information content (AvgIpc) is 2.74. The Bertz CT molecular complexity index is 539. The lowest BCUT2D eigenvalue weighted by Crippen LogP contribution is -2.17. The van der Waals surface area contributed by atoms with E-state index in [9.17, 15) is 4.79 Å². The summed E-state index contributed by atoms with van der Waals surface area (Å²) < 4.78 is 0. The fraction of sp³-hybridized carbons (Fsp3) is 0.100. The Hall–Kier alpha value is -1.99. The summed E-state index contributed by atoms with van der Waals surface area (Å²) in [5.41, 5.74) is 4.20. The molecule has 6 nitrogen and oxygen atoms in total. The minimum absolute atomic E-state index is 0.269. The van der Waals surface area contributed by atoms with E-state index in [0.717, 1.165) is 5.69 Å². The monoisotopic (exact) mass is 249 g/mol. The number of rotatable bonds is 3. The molecule has 0 aromatic carbocycles. The number of nitrogens with two attached hydrogens (primary N) is 1. The SMILES string of the molecule is Cc1csc(NC(=O)c2ccncc2NN)n1. The molecule has 1 amide bonds. The lowest BCUT2D eigenvalue weighted by molar-refractivity contribution is 0.102. The standard InChI is InChI=1S/C10H11N5OS/c1-6-5-17-10(13-6)14-9(16)7-2-3-12-4-8(7)15-11/h2-5,15H,11H2,1H3,(H,13,14,16). The van der Waals surface area contributed by atoms with Crippen LogP contribution < -0.4 is 16.6 Å². The fourth-order valence-corrected chi connectivity index (χ4v) is 1.97. The molecule has 0 aliphatic rings. The van der Waals surface area contributed by atoms with Crippen LogP contribution in [0.25, 0.3) is 0 Å². The van der Waals surface area contributed by atoms with Gasteiger partial charge in [0.2, 0.25) is 0 Å². The second kappa shape index (κ2) is 4.89. The molecular formula is C10H11N5OS. The number of nitrogens with zero attached hydrogens (tertiary/aromatic N) is 2. The van der Waals surface area contributed by atoms with E-state index in [0.29, 0.717) is 16.4 Å². The molecule has 88 valence electrons. The number of hydrogen-bond donors (Lipinski definition) is 3. The van der Waals surface area contributed by atoms with Gasteiger partial charge in [-0.05, 0) is 13.0 Å². The number of hydrogen-bond acceptors (Lipinski definition) is 6. The molecule has 0 fully saturated rings. The Labute approximate surface area is 102 Å². The maximum atomic E-state index is 11.9. The molecule has 0 unspecified atom stereocenters. The van der Waals surface area contributed by atoms with Gasteiger partial charge >= 0.3 is 0 Å². The highest BCUT2D eigenvalue weighted by atomic mass is 32.1. The molecule has 0 aliphatic heterocycles. The first-order valence-corrected chi connectivity index (χ1v) is 5.73. The van der Waals surface area contributed by atoms with Gasteiger partial charge < -0.3 is 5.43 Å². The fourth-order valence-electron chi connectivity index (χ4n) is 1.28. The van der Waals surface area contributed by atoms with Crippen molar-refractivity contribution in [1.29, 1.82) is 0 Å². The lowest BCUT2D eigenvalue weighted by Gasteiger charge is -2.06. The van der Waals surface area contributed by atoms with Crippen LogP contribution in [0.3, 0.4) is 0 Å². The normalized spacial score (nSPS) is 10.0. The van der Waals surface area contributed by atoms with Gasteiger partial charge in [0.05, 0.1) is 23.1 Å². The molecule has 17 heavy (non-hydrogen) atoms. The zero-order valence-corrected chi connectivity index (χ0v) is 9.91. The summed E-state index contributed by atoms with van der Waals surface area (Å²) in [7, 11) is 0. The van der Waals surface area contributed by atoms with E-state index in [1.165, 1.54) is 23.7 Å². The highest BCUT2D eigenvalue weighted by Gasteiger charge is 2.12. The number of thiazole rings is 1. The summed E-state index contributed by atoms with van der Waals surface area (Å²) in [5.74, 6) is 5.03. The predicted molar refractivity (Wildman–Crippen MR) is 66.9 cm³/mol. The van der Waals surface area contributed by atoms with E-state index in [1.807, 2.05) is 12.3 Å². The van der Waals surface area contributed by atoms with Gasteiger partial charge in [-0.25, -0.2) is 4.98 Å². The van der Waals surface area contributed by atoms with Gasteiger partial charge in [-0.1, -0.05) is 0 Å². The molecule has 4 N–H and O–H groups in total. The topological polar surface area (TPSA) is 92.9 Å². The first-order chi connectivity index (χ1) is 8.20. The van der Waals surface area contributed by atoms with Crippen molar-refractivity contribution in [2.24, 2.45) is 5.84 Å². The van der Waals surface area contributed by atoms with Crippen molar-refractivity contribution in [3.63, 3.8) is 0 Å². The van der Waals surface area contributed by atoms with Gasteiger partial charge in [0.15, 0.2) is 5.13 Å². The summed E-state index contributed by atoms with van der Waals surface area (Å²) in [4.78, 5) is 20.0. The van der Waals surface area contributed by atoms with Crippen LogP contribution in [-0.4, -0.2) is 15.9 Å². The van der Waals surface area contributed by atoms with E-state index in [4.69, 9.17) is 5.84 Å². The first-order valence-electron chi connectivity index (χ1n) is 4.85. The molecule has 7 heteroatoms. The van der Waals surface area contributed by atoms with E-state index >= 15 is 0 Å². The van der Waals surface area contributed by atoms with Gasteiger partial charge in [-0.3, -0.25) is 20.9 Å². The minimum Gasteiger partial charge on any atom is -0.322 e. The maximum Gasteiger partial charge on any atom is 0.259 e. The van der Waals surface area contributed by atoms with E-state index in [1.54, 1.807) is 6.07 Å². The Morgan fingerprint density at radius 3 is 3.00 bits per heavy atom. The third kappa shape index (κ3) is 2.58. The molecule has 0 spiro atoms. The number of pyridine rings is 1. The highest BCUT2D eigenvalue weighted by Crippen LogP contribution is 2.18. The molecule has 2 heterocycles. The second-order valence-corrected chi connectivity index (χ2v) is 4.17. The molecule has 2 aromatic rings. The summed E-state index contributed by atoms with van der Waals surface area (Å²) >= 11 is 1.38. The molecule has 2 rings (SSSR count). The van der Waals surface area contributed by atoms with Gasteiger partial charge in [0.25, 0.3) is 5.91 Å². The van der Waals surface area contributed by atoms with Crippen molar-refractivity contribution in [3.05, 3.63) is 35.1 Å². The van der Waals surface area contributed by atoms with Crippen molar-refractivity contribution < 1.29 is 4.79 Å². The maximum absolute atomic E-state index is 11.9. The van der Waals surface area contributed by atoms with Crippen LogP contribution in [0.1, 0.15) is 16.1 Å². The number of aryl methyl sites for hydroxylation is 1. The highest BCUT2D eigenvalue weighted by molar-refractivity contribution is 7.13. The lowest BCUT2D eigenvalue weighted by atomic mass is 10.2. The summed E-state index contributed by atoms with van der Waals surface area (Å²) in [6.45, 7) is 1.87. The third-order valence-electron chi connectivity index (χ3n) is 2.06. The van der Waals surface area contributed by atoms with Crippen LogP contribution >= 0.6 is 11.3 Å². The Morgan fingerprint density at radius 2 is 2.35 bits per heavy atom. The number of hydrazine groups is 1. The van der Waals surface area contributed by atoms with Crippen molar-refractivity contribution in [2.75, 3.05) is 10.7 Å². The minimum atomic E-state index is -0.269. The molecule has 0 saturated carbocycles. The number of aromatic nitrogens is 2. The first kappa shape index (κ1) is 11.5. The zero-order valence-electron chi connectivity index (χ0n) is 9.10. The van der Waals surface area contributed by atoms with E-state index in [2.05, 4.69) is 20.7 Å². The van der Waals surface area contributed by atoms with Gasteiger partial charge in [0, 0.05) is 11.6 Å². The molecule has 0 radical (unpaired) electrons. The smallest absolute Gasteiger partial charge is 0.259 e. The molecule has 0 saturated heterocycles. The van der Waals surface area contributed by atoms with Crippen molar-refractivity contribution in [3.8, 4) is 0 Å². The summed E-state index contributed by atoms with van der Waals surface area (Å²) in [5, 5.41) is 5.13. The largest absolute Gasteiger partial charge is 0.322 e. The van der Waals surface area contributed by atoms with Crippen molar-refractivity contribution in [1.82, 2.24) is 9.97 Å². The predicted octanol–water partition coefficient (Wildman–Crippen LogP) is 1.38. The van der Waals surface area contributed by atoms with Crippen LogP contribution in [-0.2, 0) is 0 Å². The Morgan fingerprint density at radius 1 is 1.53 bits per heavy atom. The number of amides is 1.